The number of nitrogens with zero attached hydrogens (tertiary/aromatic N) is 2. The Morgan fingerprint density at radius 1 is 1.26 bits per heavy atom. The predicted molar refractivity (Wildman–Crippen MR) is 106 cm³/mol. The number of sulfonamides is 1. The van der Waals surface area contributed by atoms with E-state index in [1.165, 1.54) is 30.3 Å². The number of alkyl halides is 1. The first kappa shape index (κ1) is 21.5. The fourth-order valence-corrected chi connectivity index (χ4v) is 6.18. The molecule has 0 radical (unpaired) electrons. The van der Waals surface area contributed by atoms with Gasteiger partial charge in [-0.3, -0.25) is 10.1 Å². The molecule has 0 aliphatic rings. The molecule has 0 N–H and O–H groups in total. The summed E-state index contributed by atoms with van der Waals surface area (Å²) >= 11 is 5.98. The molecule has 7 nitrogen and oxygen atoms in total. The summed E-state index contributed by atoms with van der Waals surface area (Å²) in [5.74, 6) is -0.00738. The molecule has 0 aliphatic heterocycles. The second-order valence-electron chi connectivity index (χ2n) is 5.47. The summed E-state index contributed by atoms with van der Waals surface area (Å²) < 4.78 is 35.2. The van der Waals surface area contributed by atoms with Gasteiger partial charge in [0.05, 0.1) is 15.7 Å². The maximum atomic E-state index is 12.8. The summed E-state index contributed by atoms with van der Waals surface area (Å²) in [6.07, 6.45) is 0. The third kappa shape index (κ3) is 5.58. The molecule has 0 bridgehead atoms. The van der Waals surface area contributed by atoms with E-state index in [1.54, 1.807) is 25.1 Å². The Kier molecular flexibility index (Phi) is 7.49. The number of benzene rings is 2. The maximum Gasteiger partial charge on any atom is 0.288 e. The van der Waals surface area contributed by atoms with Crippen LogP contribution in [0.1, 0.15) is 12.5 Å². The summed E-state index contributed by atoms with van der Waals surface area (Å²) in [5.41, 5.74) is 0.0382. The maximum absolute atomic E-state index is 12.8. The van der Waals surface area contributed by atoms with Gasteiger partial charge in [-0.15, -0.1) is 15.4 Å². The van der Waals surface area contributed by atoms with Crippen molar-refractivity contribution in [3.63, 3.8) is 0 Å². The fourth-order valence-electron chi connectivity index (χ4n) is 2.18. The van der Waals surface area contributed by atoms with Crippen LogP contribution in [-0.4, -0.2) is 31.3 Å². The Bertz CT molecular complexity index is 946. The third-order valence-electron chi connectivity index (χ3n) is 3.49. The zero-order valence-corrected chi connectivity index (χ0v) is 17.1. The van der Waals surface area contributed by atoms with Crippen molar-refractivity contribution in [2.75, 3.05) is 12.5 Å². The molecule has 0 heterocycles. The molecular formula is C17H19ClN2O5S2. The van der Waals surface area contributed by atoms with Crippen molar-refractivity contribution in [3.8, 4) is 0 Å². The van der Waals surface area contributed by atoms with Crippen LogP contribution in [0, 0.1) is 17.0 Å². The van der Waals surface area contributed by atoms with Crippen LogP contribution in [0.15, 0.2) is 62.1 Å². The molecule has 0 spiro atoms. The number of aryl methyl sites for hydroxylation is 1. The van der Waals surface area contributed by atoms with Crippen LogP contribution in [0.25, 0.3) is 0 Å². The standard InChI is InChI=1S/C17H19ClN2O5S2/c1-3-25-17(12-18)26(15-6-4-5-14(11-15)20(21)22)19-27(23,24)16-9-7-13(2)8-10-16/h4-11,17H,3,12H2,1-2H3. The molecule has 10 heteroatoms. The minimum Gasteiger partial charge on any atom is -0.365 e. The lowest BCUT2D eigenvalue weighted by Gasteiger charge is -2.18. The van der Waals surface area contributed by atoms with Gasteiger partial charge in [-0.25, -0.2) is 0 Å². The zero-order valence-electron chi connectivity index (χ0n) is 14.7. The fraction of sp³-hybridized carbons (Fsp3) is 0.294. The molecule has 0 amide bonds. The molecule has 0 saturated carbocycles. The molecule has 0 aromatic heterocycles. The van der Waals surface area contributed by atoms with E-state index in [0.29, 0.717) is 11.5 Å². The molecule has 2 aromatic carbocycles. The van der Waals surface area contributed by atoms with E-state index < -0.39 is 31.1 Å². The van der Waals surface area contributed by atoms with Crippen LogP contribution < -0.4 is 0 Å². The second-order valence-corrected chi connectivity index (χ2v) is 9.42. The number of hydrogen-bond donors (Lipinski definition) is 0. The Morgan fingerprint density at radius 3 is 2.48 bits per heavy atom. The Labute approximate surface area is 165 Å². The van der Waals surface area contributed by atoms with Crippen molar-refractivity contribution >= 4 is 38.0 Å². The van der Waals surface area contributed by atoms with Crippen molar-refractivity contribution < 1.29 is 18.1 Å². The average molecular weight is 431 g/mol. The lowest BCUT2D eigenvalue weighted by molar-refractivity contribution is -0.385. The molecule has 0 fully saturated rings. The summed E-state index contributed by atoms with van der Waals surface area (Å²) in [4.78, 5) is 11.0. The normalized spacial score (nSPS) is 14.0. The van der Waals surface area contributed by atoms with Crippen molar-refractivity contribution in [1.29, 1.82) is 0 Å². The van der Waals surface area contributed by atoms with Gasteiger partial charge in [0.1, 0.15) is 5.44 Å². The Hall–Kier alpha value is -1.81. The van der Waals surface area contributed by atoms with Gasteiger partial charge in [0.25, 0.3) is 15.7 Å². The molecule has 0 aliphatic carbocycles. The van der Waals surface area contributed by atoms with Gasteiger partial charge in [-0.05, 0) is 42.7 Å². The van der Waals surface area contributed by atoms with Crippen molar-refractivity contribution in [3.05, 3.63) is 64.2 Å². The number of ether oxygens (including phenoxy) is 1. The monoisotopic (exact) mass is 430 g/mol. The minimum atomic E-state index is -4.00. The number of halogens is 1. The lowest BCUT2D eigenvalue weighted by atomic mass is 10.2. The third-order valence-corrected chi connectivity index (χ3v) is 7.79. The molecule has 2 rings (SSSR count). The first-order valence-electron chi connectivity index (χ1n) is 7.98. The van der Waals surface area contributed by atoms with Gasteiger partial charge in [-0.1, -0.05) is 23.8 Å². The van der Waals surface area contributed by atoms with E-state index in [2.05, 4.69) is 3.77 Å². The first-order valence-corrected chi connectivity index (χ1v) is 11.2. The smallest absolute Gasteiger partial charge is 0.288 e. The topological polar surface area (TPSA) is 98.9 Å². The van der Waals surface area contributed by atoms with Crippen LogP contribution >= 0.6 is 11.6 Å². The van der Waals surface area contributed by atoms with E-state index in [0.717, 1.165) is 5.56 Å². The van der Waals surface area contributed by atoms with Crippen molar-refractivity contribution in [2.24, 2.45) is 3.77 Å². The quantitative estimate of drug-likeness (QED) is 0.357. The van der Waals surface area contributed by atoms with E-state index in [9.17, 15) is 18.5 Å². The highest BCUT2D eigenvalue weighted by Gasteiger charge is 2.23. The van der Waals surface area contributed by atoms with Crippen LogP contribution in [0.4, 0.5) is 5.69 Å². The van der Waals surface area contributed by atoms with Crippen LogP contribution in [0.2, 0.25) is 0 Å². The van der Waals surface area contributed by atoms with Gasteiger partial charge >= 0.3 is 0 Å². The molecule has 2 atom stereocenters. The Morgan fingerprint density at radius 2 is 1.93 bits per heavy atom. The molecule has 146 valence electrons. The van der Waals surface area contributed by atoms with Gasteiger partial charge in [0.2, 0.25) is 0 Å². The molecular weight excluding hydrogens is 412 g/mol. The van der Waals surface area contributed by atoms with Crippen LogP contribution in [0.3, 0.4) is 0 Å². The van der Waals surface area contributed by atoms with E-state index in [-0.39, 0.29) is 16.5 Å². The first-order chi connectivity index (χ1) is 12.8. The zero-order chi connectivity index (χ0) is 20.0. The predicted octanol–water partition coefficient (Wildman–Crippen LogP) is 4.05. The Balaban J connectivity index is 2.61. The number of hydrogen-bond acceptors (Lipinski definition) is 5. The van der Waals surface area contributed by atoms with E-state index >= 15 is 0 Å². The number of non-ortho nitro benzene ring substituents is 1. The molecule has 2 unspecified atom stereocenters. The minimum absolute atomic E-state index is 0.00738. The van der Waals surface area contributed by atoms with Crippen molar-refractivity contribution in [2.45, 2.75) is 29.1 Å². The van der Waals surface area contributed by atoms with E-state index in [1.807, 2.05) is 6.92 Å². The van der Waals surface area contributed by atoms with E-state index in [4.69, 9.17) is 16.3 Å². The van der Waals surface area contributed by atoms with Crippen LogP contribution in [-0.2, 0) is 25.5 Å². The highest BCUT2D eigenvalue weighted by Crippen LogP contribution is 2.24. The molecule has 2 aromatic rings. The summed E-state index contributed by atoms with van der Waals surface area (Å²) in [6, 6.07) is 12.0. The summed E-state index contributed by atoms with van der Waals surface area (Å²) in [6.45, 7) is 3.90. The second kappa shape index (κ2) is 9.41. The summed E-state index contributed by atoms with van der Waals surface area (Å²) in [7, 11) is -5.35. The van der Waals surface area contributed by atoms with Gasteiger partial charge in [-0.2, -0.15) is 8.42 Å². The van der Waals surface area contributed by atoms with Crippen molar-refractivity contribution in [1.82, 2.24) is 0 Å². The molecule has 27 heavy (non-hydrogen) atoms. The number of nitro groups is 1. The largest absolute Gasteiger partial charge is 0.365 e. The number of rotatable bonds is 8. The molecule has 0 saturated heterocycles. The van der Waals surface area contributed by atoms with Gasteiger partial charge < -0.3 is 4.74 Å². The van der Waals surface area contributed by atoms with Gasteiger partial charge in [0.15, 0.2) is 0 Å². The van der Waals surface area contributed by atoms with Crippen LogP contribution in [0.5, 0.6) is 0 Å². The van der Waals surface area contributed by atoms with Gasteiger partial charge in [0, 0.05) is 23.6 Å². The summed E-state index contributed by atoms with van der Waals surface area (Å²) in [5, 5.41) is 11.1. The average Bonchev–Trinajstić information content (AvgIpc) is 2.65. The number of nitro benzene ring substituents is 1. The lowest BCUT2D eigenvalue weighted by Crippen LogP contribution is -2.22. The highest BCUT2D eigenvalue weighted by molar-refractivity contribution is 8.00. The highest BCUT2D eigenvalue weighted by atomic mass is 35.5. The SMILES string of the molecule is CCOC(CCl)/S(=N\S(=O)(=O)c1ccc(C)cc1)c1cccc([N+](=O)[O-])c1.